The third-order valence-corrected chi connectivity index (χ3v) is 3.12. The molecule has 2 heterocycles. The molecule has 0 atom stereocenters. The van der Waals surface area contributed by atoms with Crippen LogP contribution in [0, 0.1) is 11.3 Å². The van der Waals surface area contributed by atoms with Gasteiger partial charge >= 0.3 is 0 Å². The zero-order chi connectivity index (χ0) is 8.60. The Balaban J connectivity index is 2.25. The number of aliphatic imine (C=N–C) groups is 1. The van der Waals surface area contributed by atoms with Gasteiger partial charge in [0.2, 0.25) is 0 Å². The van der Waals surface area contributed by atoms with Crippen molar-refractivity contribution in [3.05, 3.63) is 18.0 Å². The number of nitrogens with zero attached hydrogens (tertiary/aromatic N) is 1. The third kappa shape index (κ3) is 1.25. The zero-order valence-electron chi connectivity index (χ0n) is 7.80. The number of allylic oxidation sites excluding steroid dienone is 1. The number of rotatable bonds is 0. The summed E-state index contributed by atoms with van der Waals surface area (Å²) >= 11 is 0. The van der Waals surface area contributed by atoms with Gasteiger partial charge in [0.15, 0.2) is 0 Å². The van der Waals surface area contributed by atoms with Crippen LogP contribution in [0.5, 0.6) is 0 Å². The highest BCUT2D eigenvalue weighted by atomic mass is 14.7. The van der Waals surface area contributed by atoms with E-state index >= 15 is 0 Å². The Morgan fingerprint density at radius 2 is 2.33 bits per heavy atom. The minimum Gasteiger partial charge on any atom is -0.257 e. The Morgan fingerprint density at radius 1 is 1.58 bits per heavy atom. The first-order valence-electron chi connectivity index (χ1n) is 4.63. The molecule has 0 saturated heterocycles. The van der Waals surface area contributed by atoms with Crippen molar-refractivity contribution in [1.82, 2.24) is 0 Å². The predicted molar refractivity (Wildman–Crippen MR) is 51.2 cm³/mol. The highest BCUT2D eigenvalue weighted by Gasteiger charge is 2.40. The molecule has 0 unspecified atom stereocenters. The van der Waals surface area contributed by atoms with Crippen molar-refractivity contribution in [3.63, 3.8) is 0 Å². The molecule has 12 heavy (non-hydrogen) atoms. The summed E-state index contributed by atoms with van der Waals surface area (Å²) in [5.41, 5.74) is 4.94. The van der Waals surface area contributed by atoms with Crippen LogP contribution in [0.15, 0.2) is 23.0 Å². The van der Waals surface area contributed by atoms with Crippen LogP contribution in [0.1, 0.15) is 33.1 Å². The molecule has 0 N–H and O–H groups in total. The summed E-state index contributed by atoms with van der Waals surface area (Å²) in [5.74, 6) is 0.750. The summed E-state index contributed by atoms with van der Waals surface area (Å²) in [5, 5.41) is 0. The fourth-order valence-electron chi connectivity index (χ4n) is 2.19. The molecule has 0 aromatic carbocycles. The summed E-state index contributed by atoms with van der Waals surface area (Å²) < 4.78 is 0. The van der Waals surface area contributed by atoms with Crippen molar-refractivity contribution in [1.29, 1.82) is 0 Å². The lowest BCUT2D eigenvalue weighted by Crippen LogP contribution is -2.37. The fraction of sp³-hybridized carbons (Fsp3) is 0.636. The molecule has 1 nitrogen and oxygen atoms in total. The van der Waals surface area contributed by atoms with Gasteiger partial charge in [0.1, 0.15) is 0 Å². The van der Waals surface area contributed by atoms with E-state index in [1.54, 1.807) is 6.20 Å². The third-order valence-electron chi connectivity index (χ3n) is 3.12. The highest BCUT2D eigenvalue weighted by Crippen LogP contribution is 2.48. The second-order valence-corrected chi connectivity index (χ2v) is 4.39. The zero-order valence-corrected chi connectivity index (χ0v) is 7.80. The molecule has 3 aliphatic rings. The van der Waals surface area contributed by atoms with Gasteiger partial charge in [-0.3, -0.25) is 4.99 Å². The molecule has 1 saturated carbocycles. The first-order chi connectivity index (χ1) is 5.70. The summed E-state index contributed by atoms with van der Waals surface area (Å²) in [6.07, 6.45) is 7.73. The number of fused-ring (bicyclic) bond motifs is 2. The molecule has 0 radical (unpaired) electrons. The van der Waals surface area contributed by atoms with Gasteiger partial charge in [0.25, 0.3) is 0 Å². The van der Waals surface area contributed by atoms with E-state index in [1.807, 2.05) is 0 Å². The van der Waals surface area contributed by atoms with Crippen molar-refractivity contribution in [2.45, 2.75) is 33.1 Å². The van der Waals surface area contributed by atoms with Crippen LogP contribution in [0.25, 0.3) is 0 Å². The number of hydrogen-bond acceptors (Lipinski definition) is 1. The van der Waals surface area contributed by atoms with E-state index in [2.05, 4.69) is 30.6 Å². The summed E-state index contributed by atoms with van der Waals surface area (Å²) in [7, 11) is 0. The molecule has 1 aliphatic carbocycles. The summed E-state index contributed by atoms with van der Waals surface area (Å²) in [4.78, 5) is 4.34. The van der Waals surface area contributed by atoms with Crippen molar-refractivity contribution < 1.29 is 0 Å². The van der Waals surface area contributed by atoms with Gasteiger partial charge in [-0.15, -0.1) is 5.73 Å². The van der Waals surface area contributed by atoms with Crippen LogP contribution in [0.3, 0.4) is 0 Å². The van der Waals surface area contributed by atoms with Gasteiger partial charge in [-0.25, -0.2) is 0 Å². The van der Waals surface area contributed by atoms with Gasteiger partial charge in [-0.1, -0.05) is 6.92 Å². The van der Waals surface area contributed by atoms with Gasteiger partial charge in [0.05, 0.1) is 6.20 Å². The average Bonchev–Trinajstić information content (AvgIpc) is 2.06. The van der Waals surface area contributed by atoms with E-state index in [-0.39, 0.29) is 0 Å². The molecule has 1 heteroatoms. The Morgan fingerprint density at radius 3 is 3.08 bits per heavy atom. The van der Waals surface area contributed by atoms with E-state index in [0.29, 0.717) is 5.41 Å². The minimum absolute atomic E-state index is 0.548. The fourth-order valence-corrected chi connectivity index (χ4v) is 2.19. The van der Waals surface area contributed by atoms with Crippen LogP contribution >= 0.6 is 0 Å². The molecule has 0 spiro atoms. The van der Waals surface area contributed by atoms with Gasteiger partial charge in [-0.05, 0) is 43.6 Å². The second-order valence-electron chi connectivity index (χ2n) is 4.39. The molecular formula is C11H15N. The van der Waals surface area contributed by atoms with E-state index < -0.39 is 0 Å². The van der Waals surface area contributed by atoms with Crippen LogP contribution in [-0.4, -0.2) is 5.71 Å². The largest absolute Gasteiger partial charge is 0.257 e. The Kier molecular flexibility index (Phi) is 1.69. The number of hydrogen-bond donors (Lipinski definition) is 0. The molecule has 64 valence electrons. The van der Waals surface area contributed by atoms with Crippen molar-refractivity contribution in [2.75, 3.05) is 0 Å². The topological polar surface area (TPSA) is 12.4 Å². The molecule has 1 fully saturated rings. The lowest BCUT2D eigenvalue weighted by molar-refractivity contribution is 0.123. The standard InChI is InChI=1S/C11H15N/c1-9-10-7-11(2,8-10)5-3-4-6-12-9/h3,6,10H,5,7-8H2,1-2H3. The smallest absolute Gasteiger partial charge is 0.0682 e. The average molecular weight is 161 g/mol. The predicted octanol–water partition coefficient (Wildman–Crippen LogP) is 2.94. The summed E-state index contributed by atoms with van der Waals surface area (Å²) in [6, 6.07) is 0. The molecule has 2 aliphatic heterocycles. The quantitative estimate of drug-likeness (QED) is 0.484. The Bertz CT molecular complexity index is 273. The monoisotopic (exact) mass is 161 g/mol. The highest BCUT2D eigenvalue weighted by molar-refractivity contribution is 5.85. The maximum atomic E-state index is 4.34. The Labute approximate surface area is 73.9 Å². The lowest BCUT2D eigenvalue weighted by atomic mass is 9.60. The molecule has 0 amide bonds. The molecule has 0 aromatic rings. The second kappa shape index (κ2) is 2.60. The molecule has 0 aromatic heterocycles. The Hall–Kier alpha value is -0.810. The maximum absolute atomic E-state index is 4.34. The molecular weight excluding hydrogens is 146 g/mol. The normalized spacial score (nSPS) is 39.2. The van der Waals surface area contributed by atoms with Gasteiger partial charge in [-0.2, -0.15) is 0 Å². The van der Waals surface area contributed by atoms with E-state index in [1.165, 1.54) is 25.0 Å². The summed E-state index contributed by atoms with van der Waals surface area (Å²) in [6.45, 7) is 4.49. The van der Waals surface area contributed by atoms with Crippen molar-refractivity contribution >= 4 is 5.71 Å². The lowest BCUT2D eigenvalue weighted by Gasteiger charge is -2.44. The van der Waals surface area contributed by atoms with Gasteiger partial charge in [0, 0.05) is 5.71 Å². The van der Waals surface area contributed by atoms with Crippen LogP contribution in [0.2, 0.25) is 0 Å². The molecule has 3 rings (SSSR count). The first kappa shape index (κ1) is 7.82. The maximum Gasteiger partial charge on any atom is 0.0682 e. The minimum atomic E-state index is 0.548. The van der Waals surface area contributed by atoms with Crippen molar-refractivity contribution in [2.24, 2.45) is 16.3 Å². The van der Waals surface area contributed by atoms with E-state index in [9.17, 15) is 0 Å². The molecule has 2 bridgehead atoms. The van der Waals surface area contributed by atoms with Crippen molar-refractivity contribution in [3.8, 4) is 0 Å². The first-order valence-corrected chi connectivity index (χ1v) is 4.63. The SMILES string of the molecule is CC1=NC=C=CCC2(C)CC1C2. The van der Waals surface area contributed by atoms with E-state index in [4.69, 9.17) is 0 Å². The van der Waals surface area contributed by atoms with E-state index in [0.717, 1.165) is 5.92 Å². The van der Waals surface area contributed by atoms with Crippen LogP contribution < -0.4 is 0 Å². The van der Waals surface area contributed by atoms with Crippen LogP contribution in [0.4, 0.5) is 0 Å². The van der Waals surface area contributed by atoms with Gasteiger partial charge < -0.3 is 0 Å². The van der Waals surface area contributed by atoms with Crippen LogP contribution in [-0.2, 0) is 0 Å².